The van der Waals surface area contributed by atoms with Crippen LogP contribution in [0.4, 0.5) is 26.3 Å². The number of carbonyl (C=O) groups is 4. The zero-order valence-corrected chi connectivity index (χ0v) is 45.9. The standard InChI is InChI=1S/C27H38F3NO5S.C27H36F3NO5S/c2*1-15-8-7-9-19(27(28,29)30)10-11-21(16(2)12-20-14-37-18(4)31-20)36-23(33)13-22(32)26(5,6)25(35)17(3)24(15)34/h10,12,14-15,17,21-22,24,32,34H,7-9,11,13H2,1-6H3;7-8,10,12,14-15,17,21-22,24,32,34H,9,11,13H2,1-6H3/b16-12+,19-10+;8-7+,16-12+,19-10+/t2*15-,17+,21-,22-,24-/m00/s1. The summed E-state index contributed by atoms with van der Waals surface area (Å²) in [5.74, 6) is -5.42. The van der Waals surface area contributed by atoms with Gasteiger partial charge in [-0.2, -0.15) is 26.3 Å². The number of Topliss-reactive ketones (excluding diaryl/α,β-unsaturated/α-hetero) is 2. The summed E-state index contributed by atoms with van der Waals surface area (Å²) in [5, 5.41) is 48.1. The Morgan fingerprint density at radius 2 is 1.08 bits per heavy atom. The van der Waals surface area contributed by atoms with E-state index in [1.165, 1.54) is 76.4 Å². The van der Waals surface area contributed by atoms with Gasteiger partial charge in [0.2, 0.25) is 0 Å². The van der Waals surface area contributed by atoms with Crippen molar-refractivity contribution in [2.45, 2.75) is 183 Å². The first-order chi connectivity index (χ1) is 34.1. The molecule has 414 valence electrons. The Hall–Kier alpha value is -4.34. The number of esters is 2. The Morgan fingerprint density at radius 3 is 1.47 bits per heavy atom. The van der Waals surface area contributed by atoms with E-state index in [2.05, 4.69) is 9.97 Å². The van der Waals surface area contributed by atoms with Gasteiger partial charge in [0.1, 0.15) is 23.8 Å². The van der Waals surface area contributed by atoms with E-state index in [9.17, 15) is 65.9 Å². The highest BCUT2D eigenvalue weighted by molar-refractivity contribution is 7.09. The third-order valence-electron chi connectivity index (χ3n) is 14.0. The maximum atomic E-state index is 13.8. The third-order valence-corrected chi connectivity index (χ3v) is 15.6. The van der Waals surface area contributed by atoms with Crippen LogP contribution < -0.4 is 0 Å². The number of ketones is 2. The lowest BCUT2D eigenvalue weighted by Gasteiger charge is -2.34. The fourth-order valence-corrected chi connectivity index (χ4v) is 9.82. The molecule has 0 unspecified atom stereocenters. The number of nitrogens with zero attached hydrogens (tertiary/aromatic N) is 2. The van der Waals surface area contributed by atoms with Gasteiger partial charge in [-0.15, -0.1) is 22.7 Å². The third kappa shape index (κ3) is 18.4. The van der Waals surface area contributed by atoms with E-state index in [1.54, 1.807) is 50.6 Å². The Balaban J connectivity index is 0.000000390. The maximum absolute atomic E-state index is 13.8. The number of carbonyl (C=O) groups excluding carboxylic acids is 4. The molecule has 0 saturated heterocycles. The van der Waals surface area contributed by atoms with E-state index in [4.69, 9.17) is 9.47 Å². The molecular weight excluding hydrogens is 1010 g/mol. The Kier molecular flexibility index (Phi) is 23.4. The minimum atomic E-state index is -4.61. The van der Waals surface area contributed by atoms with Crippen molar-refractivity contribution >= 4 is 58.3 Å². The molecule has 0 aliphatic carbocycles. The number of aromatic nitrogens is 2. The summed E-state index contributed by atoms with van der Waals surface area (Å²) in [7, 11) is 0. The van der Waals surface area contributed by atoms with Gasteiger partial charge in [-0.25, -0.2) is 9.97 Å². The van der Waals surface area contributed by atoms with Crippen molar-refractivity contribution in [2.75, 3.05) is 0 Å². The molecular formula is C54H74F6N2O10S2. The van der Waals surface area contributed by atoms with E-state index < -0.39 is 137 Å². The minimum Gasteiger partial charge on any atom is -0.457 e. The lowest BCUT2D eigenvalue weighted by atomic mass is 9.73. The Labute approximate surface area is 438 Å². The average Bonchev–Trinajstić information content (AvgIpc) is 3.92. The molecule has 12 nitrogen and oxygen atoms in total. The first kappa shape index (κ1) is 63.9. The van der Waals surface area contributed by atoms with Gasteiger partial charge in [-0.1, -0.05) is 79.7 Å². The molecule has 0 spiro atoms. The predicted molar refractivity (Wildman–Crippen MR) is 273 cm³/mol. The summed E-state index contributed by atoms with van der Waals surface area (Å²) in [5.41, 5.74) is -2.07. The number of ether oxygens (including phenoxy) is 2. The number of thiazole rings is 2. The molecule has 0 bridgehead atoms. The van der Waals surface area contributed by atoms with Crippen LogP contribution in [0.5, 0.6) is 0 Å². The van der Waals surface area contributed by atoms with Crippen molar-refractivity contribution in [2.24, 2.45) is 34.5 Å². The van der Waals surface area contributed by atoms with Crippen LogP contribution in [0.2, 0.25) is 0 Å². The molecule has 0 saturated carbocycles. The van der Waals surface area contributed by atoms with Crippen LogP contribution in [0.15, 0.2) is 57.4 Å². The summed E-state index contributed by atoms with van der Waals surface area (Å²) in [6.45, 7) is 19.3. The van der Waals surface area contributed by atoms with Crippen LogP contribution in [-0.2, 0) is 28.7 Å². The van der Waals surface area contributed by atoms with Crippen molar-refractivity contribution < 1.29 is 75.4 Å². The summed E-state index contributed by atoms with van der Waals surface area (Å²) < 4.78 is 93.7. The van der Waals surface area contributed by atoms with E-state index in [1.807, 2.05) is 13.8 Å². The van der Waals surface area contributed by atoms with Gasteiger partial charge in [0.05, 0.1) is 69.5 Å². The van der Waals surface area contributed by atoms with Gasteiger partial charge in [-0.3, -0.25) is 19.2 Å². The highest BCUT2D eigenvalue weighted by Crippen LogP contribution is 2.37. The molecule has 4 N–H and O–H groups in total. The van der Waals surface area contributed by atoms with Crippen LogP contribution in [0, 0.1) is 48.3 Å². The Bertz CT molecular complexity index is 2400. The molecule has 74 heavy (non-hydrogen) atoms. The number of allylic oxidation sites excluding steroid dienone is 3. The minimum absolute atomic E-state index is 0.161. The molecule has 10 atom stereocenters. The predicted octanol–water partition coefficient (Wildman–Crippen LogP) is 11.4. The Morgan fingerprint density at radius 1 is 0.676 bits per heavy atom. The molecule has 0 fully saturated rings. The SMILES string of the molecule is C/C(=C\c1csc(C)n1)[C@@H]1C/C=C(/C(F)(F)F)C/C=C/[C@H](C)[C@H](O)[C@@H](C)C(=O)C(C)(C)[C@@H](O)CC(=O)O1.C/C(=C\c1csc(C)n1)[C@@H]1C/C=C(/C(F)(F)F)CCC[C@H](C)[C@H](O)[C@@H](C)C(=O)C(C)(C)[C@@H](O)CC(=O)O1. The summed E-state index contributed by atoms with van der Waals surface area (Å²) in [6, 6.07) is 0. The van der Waals surface area contributed by atoms with E-state index in [0.29, 0.717) is 22.5 Å². The molecule has 0 radical (unpaired) electrons. The monoisotopic (exact) mass is 1090 g/mol. The van der Waals surface area contributed by atoms with Crippen molar-refractivity contribution in [3.63, 3.8) is 0 Å². The molecule has 2 aromatic heterocycles. The van der Waals surface area contributed by atoms with Gasteiger partial charge in [0, 0.05) is 52.5 Å². The van der Waals surface area contributed by atoms with Crippen LogP contribution in [0.25, 0.3) is 12.2 Å². The van der Waals surface area contributed by atoms with Crippen LogP contribution in [0.3, 0.4) is 0 Å². The highest BCUT2D eigenvalue weighted by atomic mass is 32.1. The largest absolute Gasteiger partial charge is 0.457 e. The molecule has 0 aromatic carbocycles. The molecule has 2 aromatic rings. The summed E-state index contributed by atoms with van der Waals surface area (Å²) >= 11 is 2.83. The van der Waals surface area contributed by atoms with Crippen molar-refractivity contribution in [1.29, 1.82) is 0 Å². The van der Waals surface area contributed by atoms with E-state index in [-0.39, 0.29) is 32.1 Å². The first-order valence-electron chi connectivity index (χ1n) is 24.7. The fraction of sp³-hybridized carbons (Fsp3) is 0.630. The van der Waals surface area contributed by atoms with E-state index >= 15 is 0 Å². The number of rotatable bonds is 4. The van der Waals surface area contributed by atoms with Crippen LogP contribution >= 0.6 is 22.7 Å². The number of hydrogen-bond donors (Lipinski definition) is 4. The van der Waals surface area contributed by atoms with Crippen LogP contribution in [-0.4, -0.2) is 103 Å². The number of halogens is 6. The second-order valence-corrected chi connectivity index (χ2v) is 22.9. The van der Waals surface area contributed by atoms with Crippen LogP contribution in [0.1, 0.15) is 142 Å². The average molecular weight is 1090 g/mol. The van der Waals surface area contributed by atoms with Gasteiger partial charge in [0.25, 0.3) is 0 Å². The number of aryl methyl sites for hydroxylation is 2. The molecule has 4 rings (SSSR count). The molecule has 4 heterocycles. The number of cyclic esters (lactones) is 2. The number of alkyl halides is 6. The quantitative estimate of drug-likeness (QED) is 0.129. The van der Waals surface area contributed by atoms with E-state index in [0.717, 1.165) is 22.2 Å². The lowest BCUT2D eigenvalue weighted by Crippen LogP contribution is -2.45. The number of hydrogen-bond acceptors (Lipinski definition) is 14. The lowest BCUT2D eigenvalue weighted by molar-refractivity contribution is -0.155. The van der Waals surface area contributed by atoms with Gasteiger partial charge in [-0.05, 0) is 82.6 Å². The molecule has 2 aliphatic rings. The van der Waals surface area contributed by atoms with Gasteiger partial charge >= 0.3 is 24.3 Å². The van der Waals surface area contributed by atoms with Crippen molar-refractivity contribution in [3.8, 4) is 0 Å². The van der Waals surface area contributed by atoms with Gasteiger partial charge in [0.15, 0.2) is 0 Å². The van der Waals surface area contributed by atoms with Gasteiger partial charge < -0.3 is 29.9 Å². The summed E-state index contributed by atoms with van der Waals surface area (Å²) in [4.78, 5) is 60.5. The normalized spacial score (nSPS) is 31.2. The second-order valence-electron chi connectivity index (χ2n) is 20.8. The zero-order chi connectivity index (χ0) is 56.3. The smallest absolute Gasteiger partial charge is 0.412 e. The maximum Gasteiger partial charge on any atom is 0.412 e. The molecule has 0 amide bonds. The second kappa shape index (κ2) is 27.1. The number of aliphatic hydroxyl groups excluding tert-OH is 4. The highest BCUT2D eigenvalue weighted by Gasteiger charge is 2.44. The zero-order valence-electron chi connectivity index (χ0n) is 44.3. The fourth-order valence-electron chi connectivity index (χ4n) is 8.68. The summed E-state index contributed by atoms with van der Waals surface area (Å²) in [6.07, 6.45) is -9.94. The molecule has 20 heteroatoms. The molecule has 2 aliphatic heterocycles. The van der Waals surface area contributed by atoms with Crippen molar-refractivity contribution in [1.82, 2.24) is 9.97 Å². The number of aliphatic hydroxyl groups is 4. The van der Waals surface area contributed by atoms with Crippen molar-refractivity contribution in [3.05, 3.63) is 78.8 Å². The first-order valence-corrected chi connectivity index (χ1v) is 26.4. The topological polar surface area (TPSA) is 193 Å².